The first-order valence-corrected chi connectivity index (χ1v) is 6.65. The summed E-state index contributed by atoms with van der Waals surface area (Å²) in [5.41, 5.74) is 9.29. The summed E-state index contributed by atoms with van der Waals surface area (Å²) in [5.74, 6) is 0.851. The molecular formula is C15H21N. The van der Waals surface area contributed by atoms with Gasteiger partial charge >= 0.3 is 0 Å². The molecule has 2 aliphatic carbocycles. The second-order valence-electron chi connectivity index (χ2n) is 5.59. The molecule has 0 bridgehead atoms. The molecule has 0 atom stereocenters. The normalized spacial score (nSPS) is 23.6. The van der Waals surface area contributed by atoms with Crippen molar-refractivity contribution in [2.45, 2.75) is 49.9 Å². The van der Waals surface area contributed by atoms with Crippen molar-refractivity contribution in [1.29, 1.82) is 0 Å². The zero-order valence-electron chi connectivity index (χ0n) is 9.91. The Bertz CT molecular complexity index is 352. The predicted molar refractivity (Wildman–Crippen MR) is 67.6 cm³/mol. The van der Waals surface area contributed by atoms with Crippen LogP contribution in [-0.4, -0.2) is 6.54 Å². The van der Waals surface area contributed by atoms with Crippen LogP contribution < -0.4 is 5.73 Å². The van der Waals surface area contributed by atoms with Crippen LogP contribution in [0.1, 0.15) is 55.6 Å². The summed E-state index contributed by atoms with van der Waals surface area (Å²) in [7, 11) is 0. The van der Waals surface area contributed by atoms with Crippen molar-refractivity contribution in [3.63, 3.8) is 0 Å². The molecule has 0 amide bonds. The van der Waals surface area contributed by atoms with Gasteiger partial charge in [0, 0.05) is 12.0 Å². The number of rotatable bonds is 3. The second kappa shape index (κ2) is 3.89. The van der Waals surface area contributed by atoms with E-state index >= 15 is 0 Å². The summed E-state index contributed by atoms with van der Waals surface area (Å²) in [6.07, 6.45) is 8.11. The molecule has 2 saturated carbocycles. The van der Waals surface area contributed by atoms with E-state index in [1.54, 1.807) is 5.56 Å². The van der Waals surface area contributed by atoms with Crippen molar-refractivity contribution in [3.05, 3.63) is 35.4 Å². The van der Waals surface area contributed by atoms with Gasteiger partial charge in [0.05, 0.1) is 0 Å². The fourth-order valence-corrected chi connectivity index (χ4v) is 3.06. The molecule has 86 valence electrons. The SMILES string of the molecule is NCC1(c2ccc(C3CCC3)cc2)CCC1. The third-order valence-electron chi connectivity index (χ3n) is 4.80. The van der Waals surface area contributed by atoms with Crippen LogP contribution in [0, 0.1) is 0 Å². The zero-order valence-corrected chi connectivity index (χ0v) is 9.91. The molecular weight excluding hydrogens is 194 g/mol. The van der Waals surface area contributed by atoms with Crippen LogP contribution in [0.2, 0.25) is 0 Å². The Hall–Kier alpha value is -0.820. The van der Waals surface area contributed by atoms with Crippen molar-refractivity contribution in [3.8, 4) is 0 Å². The molecule has 2 aliphatic rings. The van der Waals surface area contributed by atoms with E-state index in [0.29, 0.717) is 5.41 Å². The van der Waals surface area contributed by atoms with E-state index in [9.17, 15) is 0 Å². The Balaban J connectivity index is 1.81. The van der Waals surface area contributed by atoms with Gasteiger partial charge < -0.3 is 5.73 Å². The van der Waals surface area contributed by atoms with E-state index < -0.39 is 0 Å². The minimum Gasteiger partial charge on any atom is -0.330 e. The first kappa shape index (κ1) is 10.3. The zero-order chi connectivity index (χ0) is 11.0. The lowest BCUT2D eigenvalue weighted by Gasteiger charge is -2.41. The number of hydrogen-bond acceptors (Lipinski definition) is 1. The molecule has 0 saturated heterocycles. The summed E-state index contributed by atoms with van der Waals surface area (Å²) < 4.78 is 0. The smallest absolute Gasteiger partial charge is 0.00755 e. The average molecular weight is 215 g/mol. The van der Waals surface area contributed by atoms with Crippen LogP contribution >= 0.6 is 0 Å². The Kier molecular flexibility index (Phi) is 2.51. The first-order valence-electron chi connectivity index (χ1n) is 6.65. The third-order valence-corrected chi connectivity index (χ3v) is 4.80. The van der Waals surface area contributed by atoms with Gasteiger partial charge in [-0.25, -0.2) is 0 Å². The minimum absolute atomic E-state index is 0.331. The minimum atomic E-state index is 0.331. The summed E-state index contributed by atoms with van der Waals surface area (Å²) >= 11 is 0. The second-order valence-corrected chi connectivity index (χ2v) is 5.59. The average Bonchev–Trinajstić information content (AvgIpc) is 2.17. The molecule has 16 heavy (non-hydrogen) atoms. The van der Waals surface area contributed by atoms with E-state index in [0.717, 1.165) is 12.5 Å². The van der Waals surface area contributed by atoms with Crippen molar-refractivity contribution < 1.29 is 0 Å². The molecule has 0 aromatic heterocycles. The summed E-state index contributed by atoms with van der Waals surface area (Å²) in [4.78, 5) is 0. The maximum atomic E-state index is 5.94. The molecule has 2 N–H and O–H groups in total. The van der Waals surface area contributed by atoms with Crippen LogP contribution in [0.25, 0.3) is 0 Å². The van der Waals surface area contributed by atoms with Crippen LogP contribution in [-0.2, 0) is 5.41 Å². The Morgan fingerprint density at radius 2 is 1.75 bits per heavy atom. The molecule has 1 heteroatoms. The Morgan fingerprint density at radius 3 is 2.12 bits per heavy atom. The molecule has 1 nitrogen and oxygen atoms in total. The van der Waals surface area contributed by atoms with Gasteiger partial charge in [0.25, 0.3) is 0 Å². The molecule has 0 spiro atoms. The van der Waals surface area contributed by atoms with Crippen LogP contribution in [0.4, 0.5) is 0 Å². The third kappa shape index (κ3) is 1.49. The van der Waals surface area contributed by atoms with Crippen molar-refractivity contribution in [2.24, 2.45) is 5.73 Å². The lowest BCUT2D eigenvalue weighted by atomic mass is 9.64. The maximum absolute atomic E-state index is 5.94. The highest BCUT2D eigenvalue weighted by molar-refractivity contribution is 5.33. The molecule has 1 aromatic rings. The molecule has 0 heterocycles. The predicted octanol–water partition coefficient (Wildman–Crippen LogP) is 3.33. The molecule has 0 radical (unpaired) electrons. The van der Waals surface area contributed by atoms with Gasteiger partial charge in [0.1, 0.15) is 0 Å². The van der Waals surface area contributed by atoms with E-state index in [2.05, 4.69) is 24.3 Å². The quantitative estimate of drug-likeness (QED) is 0.822. The van der Waals surface area contributed by atoms with Crippen molar-refractivity contribution in [2.75, 3.05) is 6.54 Å². The Labute approximate surface area is 98.0 Å². The van der Waals surface area contributed by atoms with Gasteiger partial charge in [0.2, 0.25) is 0 Å². The molecule has 2 fully saturated rings. The summed E-state index contributed by atoms with van der Waals surface area (Å²) in [6.45, 7) is 0.815. The topological polar surface area (TPSA) is 26.0 Å². The van der Waals surface area contributed by atoms with E-state index in [-0.39, 0.29) is 0 Å². The van der Waals surface area contributed by atoms with Crippen molar-refractivity contribution >= 4 is 0 Å². The highest BCUT2D eigenvalue weighted by atomic mass is 14.6. The highest BCUT2D eigenvalue weighted by Gasteiger charge is 2.37. The number of hydrogen-bond donors (Lipinski definition) is 1. The van der Waals surface area contributed by atoms with Gasteiger partial charge in [-0.2, -0.15) is 0 Å². The van der Waals surface area contributed by atoms with Crippen LogP contribution in [0.15, 0.2) is 24.3 Å². The first-order chi connectivity index (χ1) is 7.84. The number of nitrogens with two attached hydrogens (primary N) is 1. The summed E-state index contributed by atoms with van der Waals surface area (Å²) in [6, 6.07) is 9.35. The van der Waals surface area contributed by atoms with E-state index in [4.69, 9.17) is 5.73 Å². The van der Waals surface area contributed by atoms with Gasteiger partial charge in [-0.1, -0.05) is 37.1 Å². The molecule has 0 aliphatic heterocycles. The summed E-state index contributed by atoms with van der Waals surface area (Å²) in [5, 5.41) is 0. The fourth-order valence-electron chi connectivity index (χ4n) is 3.06. The monoisotopic (exact) mass is 215 g/mol. The highest BCUT2D eigenvalue weighted by Crippen LogP contribution is 2.43. The van der Waals surface area contributed by atoms with Crippen molar-refractivity contribution in [1.82, 2.24) is 0 Å². The molecule has 1 aromatic carbocycles. The Morgan fingerprint density at radius 1 is 1.06 bits per heavy atom. The van der Waals surface area contributed by atoms with Crippen LogP contribution in [0.3, 0.4) is 0 Å². The van der Waals surface area contributed by atoms with Gasteiger partial charge in [-0.05, 0) is 42.7 Å². The molecule has 3 rings (SSSR count). The van der Waals surface area contributed by atoms with Crippen LogP contribution in [0.5, 0.6) is 0 Å². The van der Waals surface area contributed by atoms with E-state index in [1.807, 2.05) is 0 Å². The molecule has 0 unspecified atom stereocenters. The number of benzene rings is 1. The largest absolute Gasteiger partial charge is 0.330 e. The fraction of sp³-hybridized carbons (Fsp3) is 0.600. The van der Waals surface area contributed by atoms with Gasteiger partial charge in [-0.3, -0.25) is 0 Å². The standard InChI is InChI=1S/C15H21N/c16-11-15(9-2-10-15)14-7-5-13(6-8-14)12-3-1-4-12/h5-8,12H,1-4,9-11,16H2. The lowest BCUT2D eigenvalue weighted by Crippen LogP contribution is -2.41. The van der Waals surface area contributed by atoms with Gasteiger partial charge in [-0.15, -0.1) is 0 Å². The van der Waals surface area contributed by atoms with E-state index in [1.165, 1.54) is 44.1 Å². The maximum Gasteiger partial charge on any atom is 0.00755 e. The lowest BCUT2D eigenvalue weighted by molar-refractivity contribution is 0.253. The van der Waals surface area contributed by atoms with Gasteiger partial charge in [0.15, 0.2) is 0 Å².